The van der Waals surface area contributed by atoms with Crippen LogP contribution in [0.4, 0.5) is 0 Å². The Morgan fingerprint density at radius 1 is 1.59 bits per heavy atom. The SMILES string of the molecule is CC(C)CN(CCc1cnn(C)c1)CC(=O)O. The molecule has 0 saturated carbocycles. The second-order valence-electron chi connectivity index (χ2n) is 4.79. The highest BCUT2D eigenvalue weighted by molar-refractivity contribution is 5.69. The van der Waals surface area contributed by atoms with E-state index in [4.69, 9.17) is 5.11 Å². The molecule has 0 aliphatic carbocycles. The predicted octanol–water partition coefficient (Wildman–Crippen LogP) is 1.01. The molecule has 0 saturated heterocycles. The van der Waals surface area contributed by atoms with Crippen LogP contribution in [-0.4, -0.2) is 45.4 Å². The molecule has 0 atom stereocenters. The summed E-state index contributed by atoms with van der Waals surface area (Å²) >= 11 is 0. The van der Waals surface area contributed by atoms with E-state index in [1.165, 1.54) is 0 Å². The molecule has 1 aromatic rings. The van der Waals surface area contributed by atoms with Crippen molar-refractivity contribution in [3.63, 3.8) is 0 Å². The van der Waals surface area contributed by atoms with E-state index in [1.807, 2.05) is 24.3 Å². The molecule has 0 aliphatic heterocycles. The number of aromatic nitrogens is 2. The summed E-state index contributed by atoms with van der Waals surface area (Å²) in [5.74, 6) is -0.292. The number of aryl methyl sites for hydroxylation is 1. The van der Waals surface area contributed by atoms with Crippen molar-refractivity contribution >= 4 is 5.97 Å². The van der Waals surface area contributed by atoms with Gasteiger partial charge in [0.05, 0.1) is 12.7 Å². The lowest BCUT2D eigenvalue weighted by atomic mass is 10.2. The van der Waals surface area contributed by atoms with Gasteiger partial charge in [-0.25, -0.2) is 0 Å². The number of carboxylic acids is 1. The van der Waals surface area contributed by atoms with Gasteiger partial charge in [0, 0.05) is 26.3 Å². The van der Waals surface area contributed by atoms with Crippen LogP contribution in [0.1, 0.15) is 19.4 Å². The minimum absolute atomic E-state index is 0.110. The molecule has 1 rings (SSSR count). The van der Waals surface area contributed by atoms with Gasteiger partial charge in [0.2, 0.25) is 0 Å². The zero-order valence-electron chi connectivity index (χ0n) is 10.8. The van der Waals surface area contributed by atoms with Crippen molar-refractivity contribution < 1.29 is 9.90 Å². The van der Waals surface area contributed by atoms with Crippen molar-refractivity contribution in [2.24, 2.45) is 13.0 Å². The van der Waals surface area contributed by atoms with Gasteiger partial charge in [-0.15, -0.1) is 0 Å². The topological polar surface area (TPSA) is 58.4 Å². The summed E-state index contributed by atoms with van der Waals surface area (Å²) in [7, 11) is 1.88. The van der Waals surface area contributed by atoms with Crippen LogP contribution in [0, 0.1) is 5.92 Å². The summed E-state index contributed by atoms with van der Waals surface area (Å²) in [5.41, 5.74) is 1.15. The summed E-state index contributed by atoms with van der Waals surface area (Å²) < 4.78 is 1.76. The first-order valence-corrected chi connectivity index (χ1v) is 5.89. The van der Waals surface area contributed by atoms with Gasteiger partial charge in [-0.3, -0.25) is 14.4 Å². The van der Waals surface area contributed by atoms with Crippen molar-refractivity contribution in [2.75, 3.05) is 19.6 Å². The van der Waals surface area contributed by atoms with Gasteiger partial charge in [0.1, 0.15) is 0 Å². The van der Waals surface area contributed by atoms with Crippen molar-refractivity contribution in [1.29, 1.82) is 0 Å². The molecule has 0 amide bonds. The minimum Gasteiger partial charge on any atom is -0.480 e. The average Bonchev–Trinajstić information content (AvgIpc) is 2.59. The number of carboxylic acid groups (broad SMARTS) is 1. The Hall–Kier alpha value is -1.36. The second kappa shape index (κ2) is 6.39. The number of aliphatic carboxylic acids is 1. The number of hydrogen-bond donors (Lipinski definition) is 1. The van der Waals surface area contributed by atoms with Crippen LogP contribution in [0.5, 0.6) is 0 Å². The molecule has 5 nitrogen and oxygen atoms in total. The van der Waals surface area contributed by atoms with Crippen LogP contribution in [0.3, 0.4) is 0 Å². The maximum atomic E-state index is 10.7. The molecular weight excluding hydrogens is 218 g/mol. The monoisotopic (exact) mass is 239 g/mol. The van der Waals surface area contributed by atoms with Gasteiger partial charge in [0.15, 0.2) is 0 Å². The molecule has 1 heterocycles. The molecule has 96 valence electrons. The molecule has 0 aromatic carbocycles. The fourth-order valence-corrected chi connectivity index (χ4v) is 1.83. The Morgan fingerprint density at radius 3 is 2.76 bits per heavy atom. The standard InChI is InChI=1S/C12H21N3O2/c1-10(2)7-15(9-12(16)17)5-4-11-6-13-14(3)8-11/h6,8,10H,4-5,7,9H2,1-3H3,(H,16,17). The van der Waals surface area contributed by atoms with Crippen molar-refractivity contribution in [2.45, 2.75) is 20.3 Å². The molecule has 0 radical (unpaired) electrons. The molecule has 0 bridgehead atoms. The zero-order valence-corrected chi connectivity index (χ0v) is 10.8. The van der Waals surface area contributed by atoms with Crippen LogP contribution in [0.15, 0.2) is 12.4 Å². The normalized spacial score (nSPS) is 11.4. The summed E-state index contributed by atoms with van der Waals surface area (Å²) in [6, 6.07) is 0. The largest absolute Gasteiger partial charge is 0.480 e. The Balaban J connectivity index is 2.45. The fraction of sp³-hybridized carbons (Fsp3) is 0.667. The van der Waals surface area contributed by atoms with Gasteiger partial charge in [-0.05, 0) is 17.9 Å². The lowest BCUT2D eigenvalue weighted by Gasteiger charge is -2.21. The van der Waals surface area contributed by atoms with Crippen LogP contribution < -0.4 is 0 Å². The predicted molar refractivity (Wildman–Crippen MR) is 65.8 cm³/mol. The van der Waals surface area contributed by atoms with Gasteiger partial charge in [0.25, 0.3) is 0 Å². The highest BCUT2D eigenvalue weighted by Crippen LogP contribution is 2.03. The van der Waals surface area contributed by atoms with E-state index in [-0.39, 0.29) is 6.54 Å². The van der Waals surface area contributed by atoms with E-state index in [0.29, 0.717) is 5.92 Å². The van der Waals surface area contributed by atoms with E-state index in [2.05, 4.69) is 18.9 Å². The average molecular weight is 239 g/mol. The molecule has 0 fully saturated rings. The van der Waals surface area contributed by atoms with Crippen molar-refractivity contribution in [1.82, 2.24) is 14.7 Å². The molecule has 0 aliphatic rings. The maximum absolute atomic E-state index is 10.7. The van der Waals surface area contributed by atoms with E-state index >= 15 is 0 Å². The summed E-state index contributed by atoms with van der Waals surface area (Å²) in [6.45, 7) is 5.87. The molecular formula is C12H21N3O2. The van der Waals surface area contributed by atoms with Gasteiger partial charge >= 0.3 is 5.97 Å². The van der Waals surface area contributed by atoms with Crippen LogP contribution in [0.25, 0.3) is 0 Å². The van der Waals surface area contributed by atoms with Crippen LogP contribution >= 0.6 is 0 Å². The lowest BCUT2D eigenvalue weighted by molar-refractivity contribution is -0.138. The summed E-state index contributed by atoms with van der Waals surface area (Å²) in [4.78, 5) is 12.7. The van der Waals surface area contributed by atoms with Crippen molar-refractivity contribution in [3.8, 4) is 0 Å². The number of carbonyl (C=O) groups is 1. The van der Waals surface area contributed by atoms with Crippen LogP contribution in [0.2, 0.25) is 0 Å². The highest BCUT2D eigenvalue weighted by atomic mass is 16.4. The third-order valence-corrected chi connectivity index (χ3v) is 2.46. The lowest BCUT2D eigenvalue weighted by Crippen LogP contribution is -2.34. The Morgan fingerprint density at radius 2 is 2.29 bits per heavy atom. The van der Waals surface area contributed by atoms with Gasteiger partial charge < -0.3 is 5.11 Å². The Kier molecular flexibility index (Phi) is 5.15. The Labute approximate surface area is 102 Å². The third kappa shape index (κ3) is 5.49. The van der Waals surface area contributed by atoms with Crippen LogP contribution in [-0.2, 0) is 18.3 Å². The van der Waals surface area contributed by atoms with Gasteiger partial charge in [-0.1, -0.05) is 13.8 Å². The van der Waals surface area contributed by atoms with E-state index in [1.54, 1.807) is 4.68 Å². The maximum Gasteiger partial charge on any atom is 0.317 e. The summed E-state index contributed by atoms with van der Waals surface area (Å²) in [5, 5.41) is 12.9. The first-order chi connectivity index (χ1) is 7.97. The smallest absolute Gasteiger partial charge is 0.317 e. The quantitative estimate of drug-likeness (QED) is 0.771. The molecule has 1 aromatic heterocycles. The highest BCUT2D eigenvalue weighted by Gasteiger charge is 2.11. The van der Waals surface area contributed by atoms with Gasteiger partial charge in [-0.2, -0.15) is 5.10 Å². The number of nitrogens with zero attached hydrogens (tertiary/aromatic N) is 3. The number of rotatable bonds is 7. The Bertz CT molecular complexity index is 360. The first-order valence-electron chi connectivity index (χ1n) is 5.89. The molecule has 5 heteroatoms. The third-order valence-electron chi connectivity index (χ3n) is 2.46. The zero-order chi connectivity index (χ0) is 12.8. The van der Waals surface area contributed by atoms with E-state index in [9.17, 15) is 4.79 Å². The molecule has 1 N–H and O–H groups in total. The number of hydrogen-bond acceptors (Lipinski definition) is 3. The fourth-order valence-electron chi connectivity index (χ4n) is 1.83. The molecule has 0 unspecified atom stereocenters. The summed E-state index contributed by atoms with van der Waals surface area (Å²) in [6.07, 6.45) is 4.64. The van der Waals surface area contributed by atoms with E-state index < -0.39 is 5.97 Å². The molecule has 0 spiro atoms. The van der Waals surface area contributed by atoms with E-state index in [0.717, 1.165) is 25.1 Å². The minimum atomic E-state index is -0.767. The van der Waals surface area contributed by atoms with Crippen molar-refractivity contribution in [3.05, 3.63) is 18.0 Å². The first kappa shape index (κ1) is 13.7. The molecule has 17 heavy (non-hydrogen) atoms. The second-order valence-corrected chi connectivity index (χ2v) is 4.79.